The molecular formula is C9H5BrClFN2. The zero-order valence-corrected chi connectivity index (χ0v) is 9.52. The zero-order chi connectivity index (χ0) is 10.3. The summed E-state index contributed by atoms with van der Waals surface area (Å²) in [4.78, 5) is 7.86. The maximum atomic E-state index is 13.3. The van der Waals surface area contributed by atoms with Gasteiger partial charge in [-0.25, -0.2) is 14.4 Å². The molecule has 0 aliphatic rings. The Morgan fingerprint density at radius 1 is 1.43 bits per heavy atom. The lowest BCUT2D eigenvalue weighted by molar-refractivity contribution is 0.622. The number of rotatable bonds is 0. The van der Waals surface area contributed by atoms with Gasteiger partial charge in [0.2, 0.25) is 0 Å². The normalized spacial score (nSPS) is 10.9. The molecule has 1 heterocycles. The Bertz CT molecular complexity index is 516. The summed E-state index contributed by atoms with van der Waals surface area (Å²) in [5, 5.41) is 0.774. The van der Waals surface area contributed by atoms with E-state index in [0.29, 0.717) is 15.4 Å². The second kappa shape index (κ2) is 3.44. The van der Waals surface area contributed by atoms with E-state index in [-0.39, 0.29) is 11.0 Å². The molecule has 14 heavy (non-hydrogen) atoms. The van der Waals surface area contributed by atoms with Crippen LogP contribution in [0.2, 0.25) is 5.15 Å². The molecule has 0 amide bonds. The first kappa shape index (κ1) is 9.80. The van der Waals surface area contributed by atoms with Gasteiger partial charge >= 0.3 is 0 Å². The van der Waals surface area contributed by atoms with Gasteiger partial charge in [-0.15, -0.1) is 0 Å². The third-order valence-electron chi connectivity index (χ3n) is 1.95. The lowest BCUT2D eigenvalue weighted by Crippen LogP contribution is -1.91. The van der Waals surface area contributed by atoms with Gasteiger partial charge in [0.1, 0.15) is 17.3 Å². The Kier molecular flexibility index (Phi) is 2.41. The molecule has 1 aromatic carbocycles. The molecule has 0 bridgehead atoms. The first-order valence-electron chi connectivity index (χ1n) is 3.86. The smallest absolute Gasteiger partial charge is 0.141 e. The molecule has 0 atom stereocenters. The first-order chi connectivity index (χ1) is 6.61. The van der Waals surface area contributed by atoms with Gasteiger partial charge in [-0.2, -0.15) is 0 Å². The van der Waals surface area contributed by atoms with Crippen molar-refractivity contribution in [2.75, 3.05) is 0 Å². The molecule has 5 heteroatoms. The number of hydrogen-bond donors (Lipinski definition) is 0. The quantitative estimate of drug-likeness (QED) is 0.688. The first-order valence-corrected chi connectivity index (χ1v) is 5.03. The van der Waals surface area contributed by atoms with Crippen molar-refractivity contribution >= 4 is 38.4 Å². The van der Waals surface area contributed by atoms with Crippen LogP contribution in [0.5, 0.6) is 0 Å². The van der Waals surface area contributed by atoms with Crippen LogP contribution in [-0.4, -0.2) is 9.97 Å². The predicted molar refractivity (Wildman–Crippen MR) is 56.9 cm³/mol. The van der Waals surface area contributed by atoms with E-state index in [9.17, 15) is 4.39 Å². The van der Waals surface area contributed by atoms with Gasteiger partial charge in [0.15, 0.2) is 0 Å². The Labute approximate surface area is 93.3 Å². The Morgan fingerprint density at radius 2 is 2.14 bits per heavy atom. The topological polar surface area (TPSA) is 25.8 Å². The van der Waals surface area contributed by atoms with Gasteiger partial charge < -0.3 is 0 Å². The summed E-state index contributed by atoms with van der Waals surface area (Å²) in [6, 6.07) is 1.41. The maximum absolute atomic E-state index is 13.3. The number of aromatic nitrogens is 2. The van der Waals surface area contributed by atoms with Crippen LogP contribution in [0, 0.1) is 12.7 Å². The van der Waals surface area contributed by atoms with Gasteiger partial charge in [-0.05, 0) is 34.5 Å². The average Bonchev–Trinajstić information content (AvgIpc) is 2.14. The van der Waals surface area contributed by atoms with Crippen LogP contribution < -0.4 is 0 Å². The zero-order valence-electron chi connectivity index (χ0n) is 7.18. The van der Waals surface area contributed by atoms with Crippen LogP contribution >= 0.6 is 27.5 Å². The second-order valence-electron chi connectivity index (χ2n) is 2.88. The molecule has 72 valence electrons. The summed E-state index contributed by atoms with van der Waals surface area (Å²) in [6.45, 7) is 1.78. The van der Waals surface area contributed by atoms with Gasteiger partial charge in [0, 0.05) is 0 Å². The lowest BCUT2D eigenvalue weighted by Gasteiger charge is -2.05. The average molecular weight is 276 g/mol. The molecule has 0 fully saturated rings. The maximum Gasteiger partial charge on any atom is 0.141 e. The largest absolute Gasteiger partial charge is 0.236 e. The van der Waals surface area contributed by atoms with Crippen LogP contribution in [0.3, 0.4) is 0 Å². The summed E-state index contributed by atoms with van der Waals surface area (Å²) in [5.74, 6) is -0.355. The SMILES string of the molecule is Cc1cc(F)c(Br)c2c(Cl)ncnc12. The van der Waals surface area contributed by atoms with Crippen molar-refractivity contribution in [1.29, 1.82) is 0 Å². The van der Waals surface area contributed by atoms with E-state index in [0.717, 1.165) is 5.56 Å². The fourth-order valence-corrected chi connectivity index (χ4v) is 2.13. The van der Waals surface area contributed by atoms with Crippen LogP contribution in [0.1, 0.15) is 5.56 Å². The molecule has 0 aliphatic heterocycles. The Hall–Kier alpha value is -0.740. The predicted octanol–water partition coefficient (Wildman–Crippen LogP) is 3.49. The van der Waals surface area contributed by atoms with Gasteiger partial charge in [-0.3, -0.25) is 0 Å². The van der Waals surface area contributed by atoms with E-state index < -0.39 is 0 Å². The van der Waals surface area contributed by atoms with Crippen molar-refractivity contribution < 1.29 is 4.39 Å². The minimum atomic E-state index is -0.355. The summed E-state index contributed by atoms with van der Waals surface area (Å²) < 4.78 is 13.6. The van der Waals surface area contributed by atoms with Crippen molar-refractivity contribution in [3.05, 3.63) is 33.4 Å². The van der Waals surface area contributed by atoms with Crippen molar-refractivity contribution in [1.82, 2.24) is 9.97 Å². The van der Waals surface area contributed by atoms with E-state index in [1.807, 2.05) is 0 Å². The fraction of sp³-hybridized carbons (Fsp3) is 0.111. The van der Waals surface area contributed by atoms with E-state index in [4.69, 9.17) is 11.6 Å². The van der Waals surface area contributed by atoms with Gasteiger partial charge in [-0.1, -0.05) is 11.6 Å². The van der Waals surface area contributed by atoms with Crippen molar-refractivity contribution in [2.45, 2.75) is 6.92 Å². The Balaban J connectivity index is 3.03. The minimum Gasteiger partial charge on any atom is -0.236 e. The third kappa shape index (κ3) is 1.38. The van der Waals surface area contributed by atoms with E-state index in [1.54, 1.807) is 6.92 Å². The van der Waals surface area contributed by atoms with Crippen LogP contribution in [0.4, 0.5) is 4.39 Å². The molecule has 0 N–H and O–H groups in total. The van der Waals surface area contributed by atoms with Crippen LogP contribution in [0.15, 0.2) is 16.9 Å². The van der Waals surface area contributed by atoms with Crippen LogP contribution in [-0.2, 0) is 0 Å². The molecule has 0 saturated heterocycles. The summed E-state index contributed by atoms with van der Waals surface area (Å²) in [7, 11) is 0. The van der Waals surface area contributed by atoms with Gasteiger partial charge in [0.05, 0.1) is 15.4 Å². The fourth-order valence-electron chi connectivity index (χ4n) is 1.30. The molecular weight excluding hydrogens is 270 g/mol. The molecule has 0 aliphatic carbocycles. The molecule has 2 rings (SSSR count). The molecule has 0 saturated carbocycles. The van der Waals surface area contributed by atoms with Crippen molar-refractivity contribution in [3.8, 4) is 0 Å². The van der Waals surface area contributed by atoms with Crippen molar-refractivity contribution in [2.24, 2.45) is 0 Å². The molecule has 0 unspecified atom stereocenters. The van der Waals surface area contributed by atoms with E-state index in [2.05, 4.69) is 25.9 Å². The second-order valence-corrected chi connectivity index (χ2v) is 4.03. The summed E-state index contributed by atoms with van der Waals surface area (Å²) in [6.07, 6.45) is 1.36. The summed E-state index contributed by atoms with van der Waals surface area (Å²) >= 11 is 8.98. The number of aryl methyl sites for hydroxylation is 1. The number of halogens is 3. The molecule has 2 nitrogen and oxygen atoms in total. The number of fused-ring (bicyclic) bond motifs is 1. The van der Waals surface area contributed by atoms with Crippen molar-refractivity contribution in [3.63, 3.8) is 0 Å². The number of benzene rings is 1. The Morgan fingerprint density at radius 3 is 2.86 bits per heavy atom. The highest BCUT2D eigenvalue weighted by Crippen LogP contribution is 2.31. The number of nitrogens with zero attached hydrogens (tertiary/aromatic N) is 2. The number of hydrogen-bond acceptors (Lipinski definition) is 2. The molecule has 0 spiro atoms. The summed E-state index contributed by atoms with van der Waals surface area (Å²) in [5.41, 5.74) is 1.41. The van der Waals surface area contributed by atoms with E-state index >= 15 is 0 Å². The van der Waals surface area contributed by atoms with Crippen LogP contribution in [0.25, 0.3) is 10.9 Å². The molecule has 2 aromatic rings. The highest BCUT2D eigenvalue weighted by atomic mass is 79.9. The third-order valence-corrected chi connectivity index (χ3v) is 3.01. The van der Waals surface area contributed by atoms with Gasteiger partial charge in [0.25, 0.3) is 0 Å². The lowest BCUT2D eigenvalue weighted by atomic mass is 10.1. The molecule has 1 aromatic heterocycles. The highest BCUT2D eigenvalue weighted by Gasteiger charge is 2.12. The van der Waals surface area contributed by atoms with E-state index in [1.165, 1.54) is 12.4 Å². The molecule has 0 radical (unpaired) electrons. The monoisotopic (exact) mass is 274 g/mol. The minimum absolute atomic E-state index is 0.254. The highest BCUT2D eigenvalue weighted by molar-refractivity contribution is 9.10. The standard InChI is InChI=1S/C9H5BrClFN2/c1-4-2-5(12)7(10)6-8(4)13-3-14-9(6)11/h2-3H,1H3.